The van der Waals surface area contributed by atoms with E-state index in [-0.39, 0.29) is 30.6 Å². The largest absolute Gasteiger partial charge is 0.416 e. The molecule has 4 aromatic rings. The molecule has 1 heterocycles. The van der Waals surface area contributed by atoms with Crippen LogP contribution in [0.4, 0.5) is 22.0 Å². The SMILES string of the molecule is O=C(CN1CCc2ccccc2C1c1cc(F)ccc1C(F)(F)F)N(Cc1ccccc1F)C1Cc2ccccc2C1. The Labute approximate surface area is 241 Å². The van der Waals surface area contributed by atoms with Crippen molar-refractivity contribution >= 4 is 5.91 Å². The minimum absolute atomic E-state index is 0.0347. The molecule has 42 heavy (non-hydrogen) atoms. The lowest BCUT2D eigenvalue weighted by Crippen LogP contribution is -2.48. The third-order valence-electron chi connectivity index (χ3n) is 8.42. The highest BCUT2D eigenvalue weighted by molar-refractivity contribution is 5.79. The zero-order chi connectivity index (χ0) is 29.4. The Balaban J connectivity index is 1.37. The molecule has 2 aliphatic rings. The first-order valence-electron chi connectivity index (χ1n) is 14.0. The van der Waals surface area contributed by atoms with Gasteiger partial charge in [-0.3, -0.25) is 9.69 Å². The standard InChI is InChI=1S/C34H29F5N2O/c35-26-13-14-30(34(37,38)39)29(19-26)33-28-11-5-3-7-22(28)15-16-40(33)21-32(42)41(20-25-10-4-6-12-31(25)36)27-17-23-8-1-2-9-24(23)18-27/h1-14,19,27,33H,15-18,20-21H2. The number of carbonyl (C=O) groups is 1. The molecule has 6 rings (SSSR count). The van der Waals surface area contributed by atoms with Gasteiger partial charge in [-0.25, -0.2) is 8.78 Å². The number of nitrogens with zero attached hydrogens (tertiary/aromatic N) is 2. The maximum atomic E-state index is 14.8. The van der Waals surface area contributed by atoms with Crippen molar-refractivity contribution < 1.29 is 26.7 Å². The van der Waals surface area contributed by atoms with E-state index in [4.69, 9.17) is 0 Å². The highest BCUT2D eigenvalue weighted by Gasteiger charge is 2.40. The molecule has 0 N–H and O–H groups in total. The van der Waals surface area contributed by atoms with Gasteiger partial charge in [0, 0.05) is 24.7 Å². The third-order valence-corrected chi connectivity index (χ3v) is 8.42. The zero-order valence-corrected chi connectivity index (χ0v) is 22.8. The average Bonchev–Trinajstić information content (AvgIpc) is 3.40. The molecular weight excluding hydrogens is 547 g/mol. The predicted molar refractivity (Wildman–Crippen MR) is 150 cm³/mol. The Kier molecular flexibility index (Phi) is 7.58. The number of rotatable bonds is 6. The molecule has 0 saturated carbocycles. The van der Waals surface area contributed by atoms with E-state index in [9.17, 15) is 26.7 Å². The van der Waals surface area contributed by atoms with Crippen LogP contribution >= 0.6 is 0 Å². The number of benzene rings is 4. The van der Waals surface area contributed by atoms with Gasteiger partial charge in [-0.2, -0.15) is 13.2 Å². The molecule has 0 bridgehead atoms. The van der Waals surface area contributed by atoms with Gasteiger partial charge < -0.3 is 4.90 Å². The van der Waals surface area contributed by atoms with Crippen molar-refractivity contribution in [3.05, 3.63) is 142 Å². The van der Waals surface area contributed by atoms with Gasteiger partial charge in [0.15, 0.2) is 0 Å². The smallest absolute Gasteiger partial charge is 0.333 e. The maximum absolute atomic E-state index is 14.8. The number of halogens is 5. The summed E-state index contributed by atoms with van der Waals surface area (Å²) in [6.07, 6.45) is -2.98. The molecule has 0 saturated heterocycles. The zero-order valence-electron chi connectivity index (χ0n) is 22.8. The summed E-state index contributed by atoms with van der Waals surface area (Å²) in [6, 6.07) is 22.6. The van der Waals surface area contributed by atoms with E-state index < -0.39 is 29.4 Å². The van der Waals surface area contributed by atoms with Gasteiger partial charge in [-0.15, -0.1) is 0 Å². The van der Waals surface area contributed by atoms with Crippen LogP contribution in [0.15, 0.2) is 91.0 Å². The molecule has 3 nitrogen and oxygen atoms in total. The van der Waals surface area contributed by atoms with Crippen molar-refractivity contribution in [3.8, 4) is 0 Å². The summed E-state index contributed by atoms with van der Waals surface area (Å²) in [6.45, 7) is 0.140. The Hall–Kier alpha value is -4.04. The molecule has 1 atom stereocenters. The molecule has 8 heteroatoms. The number of amides is 1. The lowest BCUT2D eigenvalue weighted by molar-refractivity contribution is -0.139. The molecule has 1 unspecified atom stereocenters. The van der Waals surface area contributed by atoms with Crippen LogP contribution in [0.3, 0.4) is 0 Å². The minimum Gasteiger partial charge on any atom is -0.333 e. The van der Waals surface area contributed by atoms with Gasteiger partial charge in [0.1, 0.15) is 11.6 Å². The lowest BCUT2D eigenvalue weighted by Gasteiger charge is -2.40. The molecule has 4 aromatic carbocycles. The van der Waals surface area contributed by atoms with Crippen molar-refractivity contribution in [1.82, 2.24) is 9.80 Å². The second-order valence-electron chi connectivity index (χ2n) is 11.0. The second-order valence-corrected chi connectivity index (χ2v) is 11.0. The fourth-order valence-electron chi connectivity index (χ4n) is 6.42. The average molecular weight is 577 g/mol. The number of alkyl halides is 3. The minimum atomic E-state index is -4.71. The first kappa shape index (κ1) is 28.1. The highest BCUT2D eigenvalue weighted by Crippen LogP contribution is 2.42. The van der Waals surface area contributed by atoms with Crippen LogP contribution in [0.1, 0.15) is 45.0 Å². The van der Waals surface area contributed by atoms with Gasteiger partial charge in [0.05, 0.1) is 18.2 Å². The molecule has 0 aromatic heterocycles. The van der Waals surface area contributed by atoms with E-state index in [1.54, 1.807) is 40.1 Å². The lowest BCUT2D eigenvalue weighted by atomic mass is 9.86. The van der Waals surface area contributed by atoms with Crippen molar-refractivity contribution in [2.24, 2.45) is 0 Å². The van der Waals surface area contributed by atoms with Crippen molar-refractivity contribution in [3.63, 3.8) is 0 Å². The van der Waals surface area contributed by atoms with Gasteiger partial charge >= 0.3 is 6.18 Å². The summed E-state index contributed by atoms with van der Waals surface area (Å²) >= 11 is 0. The van der Waals surface area contributed by atoms with E-state index in [2.05, 4.69) is 0 Å². The second kappa shape index (κ2) is 11.3. The quantitative estimate of drug-likeness (QED) is 0.228. The van der Waals surface area contributed by atoms with Gasteiger partial charge in [0.2, 0.25) is 5.91 Å². The molecule has 0 spiro atoms. The third kappa shape index (κ3) is 5.55. The van der Waals surface area contributed by atoms with Crippen molar-refractivity contribution in [2.45, 2.75) is 44.1 Å². The summed E-state index contributed by atoms with van der Waals surface area (Å²) in [5, 5.41) is 0. The summed E-state index contributed by atoms with van der Waals surface area (Å²) < 4.78 is 71.9. The Morgan fingerprint density at radius 3 is 2.14 bits per heavy atom. The Bertz CT molecular complexity index is 1590. The topological polar surface area (TPSA) is 23.6 Å². The molecule has 1 aliphatic heterocycles. The number of carbonyl (C=O) groups excluding carboxylic acids is 1. The van der Waals surface area contributed by atoms with E-state index in [1.165, 1.54) is 6.07 Å². The van der Waals surface area contributed by atoms with Gasteiger partial charge in [0.25, 0.3) is 0 Å². The van der Waals surface area contributed by atoms with E-state index in [0.29, 0.717) is 36.9 Å². The molecule has 216 valence electrons. The summed E-state index contributed by atoms with van der Waals surface area (Å²) in [5.74, 6) is -1.52. The summed E-state index contributed by atoms with van der Waals surface area (Å²) in [4.78, 5) is 17.5. The maximum Gasteiger partial charge on any atom is 0.416 e. The fraction of sp³-hybridized carbons (Fsp3) is 0.265. The molecule has 0 fully saturated rings. The summed E-state index contributed by atoms with van der Waals surface area (Å²) in [5.41, 5.74) is 2.92. The Morgan fingerprint density at radius 2 is 1.45 bits per heavy atom. The van der Waals surface area contributed by atoms with Crippen LogP contribution in [0.5, 0.6) is 0 Å². The molecule has 1 amide bonds. The molecule has 1 aliphatic carbocycles. The van der Waals surface area contributed by atoms with Crippen LogP contribution in [0.2, 0.25) is 0 Å². The first-order chi connectivity index (χ1) is 20.2. The molecular formula is C34H29F5N2O. The number of hydrogen-bond acceptors (Lipinski definition) is 2. The van der Waals surface area contributed by atoms with Crippen LogP contribution in [-0.4, -0.2) is 34.8 Å². The fourth-order valence-corrected chi connectivity index (χ4v) is 6.42. The van der Waals surface area contributed by atoms with E-state index >= 15 is 0 Å². The summed E-state index contributed by atoms with van der Waals surface area (Å²) in [7, 11) is 0. The predicted octanol–water partition coefficient (Wildman–Crippen LogP) is 7.13. The van der Waals surface area contributed by atoms with Crippen LogP contribution in [-0.2, 0) is 36.8 Å². The van der Waals surface area contributed by atoms with Crippen molar-refractivity contribution in [2.75, 3.05) is 13.1 Å². The highest BCUT2D eigenvalue weighted by atomic mass is 19.4. The Morgan fingerprint density at radius 1 is 0.810 bits per heavy atom. The number of hydrogen-bond donors (Lipinski definition) is 0. The van der Waals surface area contributed by atoms with Crippen LogP contribution in [0, 0.1) is 11.6 Å². The number of fused-ring (bicyclic) bond motifs is 2. The van der Waals surface area contributed by atoms with Crippen molar-refractivity contribution in [1.29, 1.82) is 0 Å². The van der Waals surface area contributed by atoms with E-state index in [0.717, 1.165) is 34.9 Å². The monoisotopic (exact) mass is 576 g/mol. The van der Waals surface area contributed by atoms with Gasteiger partial charge in [-0.1, -0.05) is 66.7 Å². The van der Waals surface area contributed by atoms with Gasteiger partial charge in [-0.05, 0) is 71.3 Å². The first-order valence-corrected chi connectivity index (χ1v) is 14.0. The normalized spacial score (nSPS) is 17.1. The van der Waals surface area contributed by atoms with E-state index in [1.807, 2.05) is 36.4 Å². The molecule has 0 radical (unpaired) electrons. The van der Waals surface area contributed by atoms with Crippen LogP contribution in [0.25, 0.3) is 0 Å². The van der Waals surface area contributed by atoms with Crippen LogP contribution < -0.4 is 0 Å².